The molecule has 0 spiro atoms. The largest absolute Gasteiger partial charge is 0.345 e. The number of nitrogens with one attached hydrogen (secondary N) is 2. The summed E-state index contributed by atoms with van der Waals surface area (Å²) in [5.74, 6) is -0.296. The Morgan fingerprint density at radius 3 is 2.33 bits per heavy atom. The Hall–Kier alpha value is -1.89. The average molecular weight is 367 g/mol. The molecule has 0 saturated heterocycles. The minimum atomic E-state index is -3.52. The number of amides is 1. The summed E-state index contributed by atoms with van der Waals surface area (Å²) in [5.41, 5.74) is 1.20. The average Bonchev–Trinajstić information content (AvgIpc) is 2.55. The summed E-state index contributed by atoms with van der Waals surface area (Å²) in [7, 11) is -3.52. The van der Waals surface area contributed by atoms with Crippen LogP contribution < -0.4 is 10.0 Å². The highest BCUT2D eigenvalue weighted by atomic mass is 35.5. The maximum absolute atomic E-state index is 12.3. The Kier molecular flexibility index (Phi) is 5.99. The van der Waals surface area contributed by atoms with Gasteiger partial charge in [0, 0.05) is 17.1 Å². The van der Waals surface area contributed by atoms with Gasteiger partial charge in [0.2, 0.25) is 10.0 Å². The van der Waals surface area contributed by atoms with E-state index in [0.29, 0.717) is 17.1 Å². The van der Waals surface area contributed by atoms with Gasteiger partial charge in [0.15, 0.2) is 0 Å². The molecule has 0 heterocycles. The van der Waals surface area contributed by atoms with E-state index in [1.165, 1.54) is 24.3 Å². The Bertz CT molecular complexity index is 820. The first kappa shape index (κ1) is 18.4. The van der Waals surface area contributed by atoms with E-state index in [1.54, 1.807) is 13.0 Å². The fraction of sp³-hybridized carbons (Fsp3) is 0.235. The lowest BCUT2D eigenvalue weighted by molar-refractivity contribution is 0.0940. The Balaban J connectivity index is 2.12. The van der Waals surface area contributed by atoms with E-state index < -0.39 is 10.0 Å². The molecule has 5 nitrogen and oxygen atoms in total. The lowest BCUT2D eigenvalue weighted by Gasteiger charge is -2.16. The summed E-state index contributed by atoms with van der Waals surface area (Å²) in [6, 6.07) is 12.8. The molecule has 1 amide bonds. The molecule has 2 aromatic carbocycles. The van der Waals surface area contributed by atoms with Gasteiger partial charge in [-0.1, -0.05) is 36.7 Å². The second-order valence-electron chi connectivity index (χ2n) is 5.24. The van der Waals surface area contributed by atoms with Crippen molar-refractivity contribution in [2.75, 3.05) is 6.54 Å². The van der Waals surface area contributed by atoms with Crippen LogP contribution in [-0.4, -0.2) is 20.9 Å². The number of hydrogen-bond donors (Lipinski definition) is 2. The van der Waals surface area contributed by atoms with E-state index in [9.17, 15) is 13.2 Å². The maximum atomic E-state index is 12.3. The highest BCUT2D eigenvalue weighted by Crippen LogP contribution is 2.22. The first-order chi connectivity index (χ1) is 11.3. The van der Waals surface area contributed by atoms with Crippen LogP contribution in [0.15, 0.2) is 53.4 Å². The minimum Gasteiger partial charge on any atom is -0.345 e. The highest BCUT2D eigenvalue weighted by molar-refractivity contribution is 7.89. The van der Waals surface area contributed by atoms with Crippen molar-refractivity contribution in [1.29, 1.82) is 0 Å². The monoisotopic (exact) mass is 366 g/mol. The van der Waals surface area contributed by atoms with Crippen molar-refractivity contribution in [3.8, 4) is 0 Å². The van der Waals surface area contributed by atoms with E-state index in [-0.39, 0.29) is 16.8 Å². The van der Waals surface area contributed by atoms with Crippen LogP contribution in [0.1, 0.15) is 35.8 Å². The number of benzene rings is 2. The van der Waals surface area contributed by atoms with Crippen LogP contribution in [-0.2, 0) is 10.0 Å². The molecular weight excluding hydrogens is 348 g/mol. The van der Waals surface area contributed by atoms with Gasteiger partial charge in [-0.05, 0) is 42.8 Å². The van der Waals surface area contributed by atoms with Gasteiger partial charge < -0.3 is 5.32 Å². The lowest BCUT2D eigenvalue weighted by Crippen LogP contribution is -2.27. The summed E-state index contributed by atoms with van der Waals surface area (Å²) < 4.78 is 26.2. The van der Waals surface area contributed by atoms with Crippen molar-refractivity contribution in [2.45, 2.75) is 24.8 Å². The molecule has 1 atom stereocenters. The zero-order valence-electron chi connectivity index (χ0n) is 13.4. The standard InChI is InChI=1S/C17H19ClN2O3S/c1-3-19-24(22,23)14-10-8-13(9-11-14)17(21)20-12(2)15-6-4-5-7-16(15)18/h4-12,19H,3H2,1-2H3,(H,20,21). The molecule has 0 aliphatic heterocycles. The Morgan fingerprint density at radius 1 is 1.12 bits per heavy atom. The van der Waals surface area contributed by atoms with Crippen molar-refractivity contribution in [3.05, 3.63) is 64.7 Å². The molecule has 24 heavy (non-hydrogen) atoms. The third kappa shape index (κ3) is 4.35. The van der Waals surface area contributed by atoms with E-state index in [1.807, 2.05) is 25.1 Å². The molecule has 2 N–H and O–H groups in total. The number of rotatable bonds is 6. The number of carbonyl (C=O) groups is 1. The van der Waals surface area contributed by atoms with Crippen LogP contribution in [0.2, 0.25) is 5.02 Å². The molecule has 0 saturated carbocycles. The fourth-order valence-corrected chi connectivity index (χ4v) is 3.58. The summed E-state index contributed by atoms with van der Waals surface area (Å²) in [4.78, 5) is 12.4. The molecule has 0 aliphatic rings. The Morgan fingerprint density at radius 2 is 1.75 bits per heavy atom. The van der Waals surface area contributed by atoms with Crippen LogP contribution in [0, 0.1) is 0 Å². The molecule has 0 aliphatic carbocycles. The van der Waals surface area contributed by atoms with Gasteiger partial charge in [0.25, 0.3) is 5.91 Å². The van der Waals surface area contributed by atoms with E-state index in [4.69, 9.17) is 11.6 Å². The summed E-state index contributed by atoms with van der Waals surface area (Å²) >= 11 is 6.12. The smallest absolute Gasteiger partial charge is 0.251 e. The molecule has 7 heteroatoms. The predicted octanol–water partition coefficient (Wildman–Crippen LogP) is 3.13. The molecule has 1 unspecified atom stereocenters. The molecule has 0 bridgehead atoms. The first-order valence-corrected chi connectivity index (χ1v) is 9.36. The first-order valence-electron chi connectivity index (χ1n) is 7.50. The summed E-state index contributed by atoms with van der Waals surface area (Å²) in [5, 5.41) is 3.43. The number of hydrogen-bond acceptors (Lipinski definition) is 3. The minimum absolute atomic E-state index is 0.125. The topological polar surface area (TPSA) is 75.3 Å². The number of sulfonamides is 1. The second-order valence-corrected chi connectivity index (χ2v) is 7.42. The van der Waals surface area contributed by atoms with Gasteiger partial charge >= 0.3 is 0 Å². The predicted molar refractivity (Wildman–Crippen MR) is 94.6 cm³/mol. The number of carbonyl (C=O) groups excluding carboxylic acids is 1. The fourth-order valence-electron chi connectivity index (χ4n) is 2.24. The molecular formula is C17H19ClN2O3S. The van der Waals surface area contributed by atoms with Crippen molar-refractivity contribution in [1.82, 2.24) is 10.0 Å². The molecule has 0 fully saturated rings. The second kappa shape index (κ2) is 7.79. The molecule has 2 rings (SSSR count). The molecule has 0 radical (unpaired) electrons. The van der Waals surface area contributed by atoms with E-state index >= 15 is 0 Å². The van der Waals surface area contributed by atoms with Crippen LogP contribution >= 0.6 is 11.6 Å². The summed E-state index contributed by atoms with van der Waals surface area (Å²) in [6.45, 7) is 3.85. The van der Waals surface area contributed by atoms with Gasteiger partial charge in [0.05, 0.1) is 10.9 Å². The summed E-state index contributed by atoms with van der Waals surface area (Å²) in [6.07, 6.45) is 0. The van der Waals surface area contributed by atoms with Crippen LogP contribution in [0.5, 0.6) is 0 Å². The van der Waals surface area contributed by atoms with Crippen LogP contribution in [0.4, 0.5) is 0 Å². The quantitative estimate of drug-likeness (QED) is 0.824. The van der Waals surface area contributed by atoms with E-state index in [0.717, 1.165) is 5.56 Å². The SMILES string of the molecule is CCNS(=O)(=O)c1ccc(C(=O)NC(C)c2ccccc2Cl)cc1. The van der Waals surface area contributed by atoms with Gasteiger partial charge in [-0.2, -0.15) is 0 Å². The third-order valence-electron chi connectivity index (χ3n) is 3.48. The number of halogens is 1. The maximum Gasteiger partial charge on any atom is 0.251 e. The lowest BCUT2D eigenvalue weighted by atomic mass is 10.1. The zero-order valence-corrected chi connectivity index (χ0v) is 15.0. The highest BCUT2D eigenvalue weighted by Gasteiger charge is 2.16. The van der Waals surface area contributed by atoms with Gasteiger partial charge in [0.1, 0.15) is 0 Å². The van der Waals surface area contributed by atoms with Gasteiger partial charge in [-0.15, -0.1) is 0 Å². The van der Waals surface area contributed by atoms with Crippen molar-refractivity contribution < 1.29 is 13.2 Å². The molecule has 128 valence electrons. The normalized spacial score (nSPS) is 12.6. The van der Waals surface area contributed by atoms with Crippen molar-refractivity contribution in [3.63, 3.8) is 0 Å². The third-order valence-corrected chi connectivity index (χ3v) is 5.39. The Labute approximate surface area is 147 Å². The molecule has 0 aromatic heterocycles. The van der Waals surface area contributed by atoms with Gasteiger partial charge in [-0.25, -0.2) is 13.1 Å². The molecule has 2 aromatic rings. The van der Waals surface area contributed by atoms with Gasteiger partial charge in [-0.3, -0.25) is 4.79 Å². The van der Waals surface area contributed by atoms with Crippen molar-refractivity contribution in [2.24, 2.45) is 0 Å². The van der Waals surface area contributed by atoms with E-state index in [2.05, 4.69) is 10.0 Å². The van der Waals surface area contributed by atoms with Crippen molar-refractivity contribution >= 4 is 27.5 Å². The van der Waals surface area contributed by atoms with Crippen LogP contribution in [0.3, 0.4) is 0 Å². The van der Waals surface area contributed by atoms with Crippen LogP contribution in [0.25, 0.3) is 0 Å². The zero-order chi connectivity index (χ0) is 17.7.